The summed E-state index contributed by atoms with van der Waals surface area (Å²) in [5.74, 6) is 2.57. The van der Waals surface area contributed by atoms with Gasteiger partial charge in [0.15, 0.2) is 11.5 Å². The Morgan fingerprint density at radius 1 is 0.944 bits per heavy atom. The minimum absolute atomic E-state index is 0.0363. The highest BCUT2D eigenvalue weighted by Gasteiger charge is 2.11. The Hall–Kier alpha value is -3.51. The average Bonchev–Trinajstić information content (AvgIpc) is 3.25. The van der Waals surface area contributed by atoms with E-state index in [0.717, 1.165) is 59.6 Å². The molecule has 0 unspecified atom stereocenters. The summed E-state index contributed by atoms with van der Waals surface area (Å²) in [6.45, 7) is 1.90. The van der Waals surface area contributed by atoms with Gasteiger partial charge >= 0.3 is 0 Å². The molecular formula is C29H32ClN3O3. The first-order valence-electron chi connectivity index (χ1n) is 12.3. The predicted molar refractivity (Wildman–Crippen MR) is 144 cm³/mol. The van der Waals surface area contributed by atoms with E-state index in [1.807, 2.05) is 66.7 Å². The number of benzene rings is 3. The van der Waals surface area contributed by atoms with Gasteiger partial charge in [0.2, 0.25) is 5.91 Å². The van der Waals surface area contributed by atoms with Crippen LogP contribution in [0.5, 0.6) is 11.5 Å². The Balaban J connectivity index is 1.24. The topological polar surface area (TPSA) is 65.4 Å². The van der Waals surface area contributed by atoms with Crippen LogP contribution in [0.15, 0.2) is 72.8 Å². The third-order valence-corrected chi connectivity index (χ3v) is 6.30. The van der Waals surface area contributed by atoms with E-state index in [9.17, 15) is 4.79 Å². The molecule has 1 N–H and O–H groups in total. The SMILES string of the molecule is COc1ccccc1OCCn1c(CCCCCNC(=O)Cc2ccc(Cl)cc2)nc2ccccc21. The molecule has 0 saturated heterocycles. The molecule has 1 aromatic heterocycles. The monoisotopic (exact) mass is 505 g/mol. The van der Waals surface area contributed by atoms with Crippen LogP contribution in [0.25, 0.3) is 11.0 Å². The number of ether oxygens (including phenoxy) is 2. The van der Waals surface area contributed by atoms with Crippen molar-refractivity contribution in [2.75, 3.05) is 20.3 Å². The summed E-state index contributed by atoms with van der Waals surface area (Å²) in [6, 6.07) is 23.3. The maximum absolute atomic E-state index is 12.2. The van der Waals surface area contributed by atoms with Crippen LogP contribution >= 0.6 is 11.6 Å². The van der Waals surface area contributed by atoms with Gasteiger partial charge in [0.05, 0.1) is 31.1 Å². The highest BCUT2D eigenvalue weighted by molar-refractivity contribution is 6.30. The van der Waals surface area contributed by atoms with Crippen molar-refractivity contribution >= 4 is 28.5 Å². The summed E-state index contributed by atoms with van der Waals surface area (Å²) >= 11 is 5.90. The van der Waals surface area contributed by atoms with Crippen LogP contribution in [-0.2, 0) is 24.2 Å². The van der Waals surface area contributed by atoms with E-state index in [2.05, 4.69) is 16.0 Å². The van der Waals surface area contributed by atoms with Crippen molar-refractivity contribution in [3.63, 3.8) is 0 Å². The van der Waals surface area contributed by atoms with Gasteiger partial charge in [-0.1, -0.05) is 54.4 Å². The van der Waals surface area contributed by atoms with Crippen molar-refractivity contribution in [2.45, 2.75) is 38.6 Å². The number of imidazole rings is 1. The minimum Gasteiger partial charge on any atom is -0.493 e. The Kier molecular flexibility index (Phi) is 9.22. The van der Waals surface area contributed by atoms with Crippen molar-refractivity contribution in [3.8, 4) is 11.5 Å². The molecule has 0 aliphatic carbocycles. The zero-order chi connectivity index (χ0) is 25.2. The van der Waals surface area contributed by atoms with Crippen molar-refractivity contribution < 1.29 is 14.3 Å². The molecule has 0 radical (unpaired) electrons. The van der Waals surface area contributed by atoms with Gasteiger partial charge in [-0.15, -0.1) is 0 Å². The summed E-state index contributed by atoms with van der Waals surface area (Å²) < 4.78 is 13.6. The minimum atomic E-state index is 0.0363. The predicted octanol–water partition coefficient (Wildman–Crippen LogP) is 5.85. The molecule has 4 aromatic rings. The number of carbonyl (C=O) groups is 1. The summed E-state index contributed by atoms with van der Waals surface area (Å²) in [6.07, 6.45) is 4.20. The van der Waals surface area contributed by atoms with E-state index >= 15 is 0 Å². The van der Waals surface area contributed by atoms with Gasteiger partial charge in [-0.25, -0.2) is 4.98 Å². The Morgan fingerprint density at radius 2 is 1.69 bits per heavy atom. The standard InChI is InChI=1S/C29H32ClN3O3/c1-35-26-11-6-7-12-27(26)36-20-19-33-25-10-5-4-9-24(25)32-28(33)13-3-2-8-18-31-29(34)21-22-14-16-23(30)17-15-22/h4-7,9-12,14-17H,2-3,8,13,18-21H2,1H3,(H,31,34). The van der Waals surface area contributed by atoms with Crippen LogP contribution in [0.4, 0.5) is 0 Å². The molecule has 36 heavy (non-hydrogen) atoms. The van der Waals surface area contributed by atoms with E-state index in [0.29, 0.717) is 31.1 Å². The summed E-state index contributed by atoms with van der Waals surface area (Å²) in [5, 5.41) is 3.69. The molecule has 188 valence electrons. The quantitative estimate of drug-likeness (QED) is 0.231. The van der Waals surface area contributed by atoms with Crippen LogP contribution in [-0.4, -0.2) is 35.7 Å². The molecule has 6 nitrogen and oxygen atoms in total. The molecule has 0 bridgehead atoms. The number of nitrogens with zero attached hydrogens (tertiary/aromatic N) is 2. The second-order valence-corrected chi connectivity index (χ2v) is 9.07. The molecule has 1 amide bonds. The number of aromatic nitrogens is 2. The van der Waals surface area contributed by atoms with E-state index in [1.165, 1.54) is 0 Å². The third-order valence-electron chi connectivity index (χ3n) is 6.05. The normalized spacial score (nSPS) is 10.9. The van der Waals surface area contributed by atoms with Gasteiger partial charge in [0.25, 0.3) is 0 Å². The summed E-state index contributed by atoms with van der Waals surface area (Å²) in [7, 11) is 1.65. The third kappa shape index (κ3) is 7.01. The van der Waals surface area contributed by atoms with E-state index < -0.39 is 0 Å². The van der Waals surface area contributed by atoms with Gasteiger partial charge in [-0.05, 0) is 54.8 Å². The lowest BCUT2D eigenvalue weighted by molar-refractivity contribution is -0.120. The number of rotatable bonds is 13. The smallest absolute Gasteiger partial charge is 0.224 e. The summed E-state index contributed by atoms with van der Waals surface area (Å²) in [4.78, 5) is 17.0. The number of methoxy groups -OCH3 is 1. The first-order chi connectivity index (χ1) is 17.6. The fraction of sp³-hybridized carbons (Fsp3) is 0.310. The molecule has 3 aromatic carbocycles. The lowest BCUT2D eigenvalue weighted by Gasteiger charge is -2.13. The second-order valence-electron chi connectivity index (χ2n) is 8.63. The molecule has 0 saturated carbocycles. The first kappa shape index (κ1) is 25.6. The maximum Gasteiger partial charge on any atom is 0.224 e. The van der Waals surface area contributed by atoms with E-state index in [-0.39, 0.29) is 5.91 Å². The van der Waals surface area contributed by atoms with Crippen LogP contribution in [0.1, 0.15) is 30.7 Å². The van der Waals surface area contributed by atoms with E-state index in [1.54, 1.807) is 7.11 Å². The molecule has 0 aliphatic rings. The fourth-order valence-electron chi connectivity index (χ4n) is 4.21. The molecule has 7 heteroatoms. The Labute approximate surface area is 217 Å². The number of aryl methyl sites for hydroxylation is 1. The number of fused-ring (bicyclic) bond motifs is 1. The zero-order valence-electron chi connectivity index (χ0n) is 20.6. The number of amides is 1. The van der Waals surface area contributed by atoms with E-state index in [4.69, 9.17) is 26.1 Å². The van der Waals surface area contributed by atoms with Gasteiger partial charge in [0.1, 0.15) is 12.4 Å². The van der Waals surface area contributed by atoms with Crippen molar-refractivity contribution in [3.05, 3.63) is 89.2 Å². The van der Waals surface area contributed by atoms with Crippen molar-refractivity contribution in [2.24, 2.45) is 0 Å². The highest BCUT2D eigenvalue weighted by atomic mass is 35.5. The number of para-hydroxylation sites is 4. The number of nitrogens with one attached hydrogen (secondary N) is 1. The number of hydrogen-bond donors (Lipinski definition) is 1. The van der Waals surface area contributed by atoms with Crippen LogP contribution in [0.3, 0.4) is 0 Å². The lowest BCUT2D eigenvalue weighted by atomic mass is 10.1. The van der Waals surface area contributed by atoms with Gasteiger partial charge in [-0.2, -0.15) is 0 Å². The number of unbranched alkanes of at least 4 members (excludes halogenated alkanes) is 2. The number of hydrogen-bond acceptors (Lipinski definition) is 4. The summed E-state index contributed by atoms with van der Waals surface area (Å²) in [5.41, 5.74) is 3.08. The molecule has 4 rings (SSSR count). The van der Waals surface area contributed by atoms with Crippen molar-refractivity contribution in [1.82, 2.24) is 14.9 Å². The molecule has 0 spiro atoms. The molecule has 0 aliphatic heterocycles. The largest absolute Gasteiger partial charge is 0.493 e. The van der Waals surface area contributed by atoms with Gasteiger partial charge < -0.3 is 19.4 Å². The zero-order valence-corrected chi connectivity index (χ0v) is 21.3. The Bertz CT molecular complexity index is 1270. The lowest BCUT2D eigenvalue weighted by Crippen LogP contribution is -2.26. The molecule has 0 atom stereocenters. The van der Waals surface area contributed by atoms with Gasteiger partial charge in [0, 0.05) is 18.0 Å². The number of carbonyl (C=O) groups excluding carboxylic acids is 1. The number of halogens is 1. The fourth-order valence-corrected chi connectivity index (χ4v) is 4.34. The van der Waals surface area contributed by atoms with Crippen LogP contribution < -0.4 is 14.8 Å². The Morgan fingerprint density at radius 3 is 2.50 bits per heavy atom. The first-order valence-corrected chi connectivity index (χ1v) is 12.7. The molecule has 0 fully saturated rings. The second kappa shape index (κ2) is 13.0. The van der Waals surface area contributed by atoms with Crippen molar-refractivity contribution in [1.29, 1.82) is 0 Å². The van der Waals surface area contributed by atoms with Crippen LogP contribution in [0, 0.1) is 0 Å². The molecule has 1 heterocycles. The average molecular weight is 506 g/mol. The maximum atomic E-state index is 12.2. The molecular weight excluding hydrogens is 474 g/mol. The van der Waals surface area contributed by atoms with Crippen LogP contribution in [0.2, 0.25) is 5.02 Å². The highest BCUT2D eigenvalue weighted by Crippen LogP contribution is 2.26. The van der Waals surface area contributed by atoms with Gasteiger partial charge in [-0.3, -0.25) is 4.79 Å².